The minimum Gasteiger partial charge on any atom is -0.301 e. The first-order chi connectivity index (χ1) is 11.4. The Bertz CT molecular complexity index is 822. The molecule has 126 valence electrons. The van der Waals surface area contributed by atoms with E-state index in [0.717, 1.165) is 4.31 Å². The van der Waals surface area contributed by atoms with Gasteiger partial charge in [-0.1, -0.05) is 4.68 Å². The summed E-state index contributed by atoms with van der Waals surface area (Å²) >= 11 is 0. The van der Waals surface area contributed by atoms with Crippen LogP contribution in [-0.4, -0.2) is 59.2 Å². The topological polar surface area (TPSA) is 114 Å². The molecule has 2 aromatic rings. The molecule has 0 radical (unpaired) electrons. The van der Waals surface area contributed by atoms with Crippen LogP contribution in [0.1, 0.15) is 0 Å². The number of Topliss-reactive ketones (excluding diaryl/α,β-unsaturated/α-hetero) is 1. The van der Waals surface area contributed by atoms with Gasteiger partial charge in [-0.25, -0.2) is 22.7 Å². The fourth-order valence-corrected chi connectivity index (χ4v) is 2.85. The van der Waals surface area contributed by atoms with Crippen LogP contribution in [-0.2, 0) is 26.2 Å². The van der Waals surface area contributed by atoms with Gasteiger partial charge in [-0.3, -0.25) is 4.79 Å². The van der Waals surface area contributed by atoms with Crippen LogP contribution in [0.3, 0.4) is 0 Å². The molecule has 9 nitrogen and oxygen atoms in total. The quantitative estimate of drug-likeness (QED) is 0.352. The summed E-state index contributed by atoms with van der Waals surface area (Å²) < 4.78 is 26.0. The first kappa shape index (κ1) is 17.8. The van der Waals surface area contributed by atoms with Gasteiger partial charge in [0.05, 0.1) is 0 Å². The van der Waals surface area contributed by atoms with Crippen LogP contribution in [0.15, 0.2) is 36.9 Å². The second-order valence-electron chi connectivity index (χ2n) is 5.04. The second kappa shape index (κ2) is 7.32. The van der Waals surface area contributed by atoms with E-state index in [-0.39, 0.29) is 12.8 Å². The molecule has 0 saturated heterocycles. The predicted molar refractivity (Wildman–Crippen MR) is 82.9 cm³/mol. The molecule has 0 spiro atoms. The van der Waals surface area contributed by atoms with Crippen molar-refractivity contribution >= 4 is 22.1 Å². The molecule has 0 aliphatic rings. The Hall–Kier alpha value is -2.59. The van der Waals surface area contributed by atoms with Crippen molar-refractivity contribution in [1.29, 1.82) is 0 Å². The van der Waals surface area contributed by atoms with Crippen molar-refractivity contribution in [3.05, 3.63) is 36.9 Å². The lowest BCUT2D eigenvalue weighted by atomic mass is 10.3. The summed E-state index contributed by atoms with van der Waals surface area (Å²) in [6.07, 6.45) is 6.26. The van der Waals surface area contributed by atoms with Crippen molar-refractivity contribution in [1.82, 2.24) is 19.4 Å². The van der Waals surface area contributed by atoms with Gasteiger partial charge in [-0.05, 0) is 11.2 Å². The molecule has 0 saturated carbocycles. The number of nitrogens with zero attached hydrogens (tertiary/aromatic N) is 5. The number of aldehydes is 1. The Morgan fingerprint density at radius 1 is 1.33 bits per heavy atom. The van der Waals surface area contributed by atoms with E-state index >= 15 is 0 Å². The number of sulfonamides is 1. The lowest BCUT2D eigenvalue weighted by Crippen LogP contribution is -2.48. The highest BCUT2D eigenvalue weighted by atomic mass is 32.2. The lowest BCUT2D eigenvalue weighted by Gasteiger charge is -2.14. The average molecular weight is 350 g/mol. The number of carbonyl (C=O) groups is 2. The molecule has 0 aliphatic carbocycles. The molecule has 1 unspecified atom stereocenters. The first-order valence-corrected chi connectivity index (χ1v) is 8.39. The molecule has 0 amide bonds. The predicted octanol–water partition coefficient (Wildman–Crippen LogP) is -1.15. The van der Waals surface area contributed by atoms with Crippen molar-refractivity contribution in [2.24, 2.45) is 0 Å². The zero-order valence-corrected chi connectivity index (χ0v) is 13.9. The standard InChI is InChI=1S/C14H16N5O4S/c1-18(2)24(22,23)13(10-20)12(21)9-19-7-4-11(8-17-19)14-15-5-3-6-16-14/h3-8,10,13H,9H2,1-2H3/q+1. The van der Waals surface area contributed by atoms with Gasteiger partial charge < -0.3 is 4.79 Å². The molecular formula is C14H16N5O4S+. The third-order valence-corrected chi connectivity index (χ3v) is 5.22. The number of hydrogen-bond acceptors (Lipinski definition) is 7. The van der Waals surface area contributed by atoms with E-state index in [0.29, 0.717) is 11.4 Å². The van der Waals surface area contributed by atoms with Crippen molar-refractivity contribution in [2.75, 3.05) is 14.1 Å². The molecule has 2 rings (SSSR count). The Balaban J connectivity index is 2.16. The zero-order valence-electron chi connectivity index (χ0n) is 13.1. The van der Waals surface area contributed by atoms with Crippen LogP contribution < -0.4 is 4.68 Å². The van der Waals surface area contributed by atoms with E-state index in [2.05, 4.69) is 15.1 Å². The van der Waals surface area contributed by atoms with E-state index in [1.54, 1.807) is 24.5 Å². The Morgan fingerprint density at radius 2 is 2.00 bits per heavy atom. The lowest BCUT2D eigenvalue weighted by molar-refractivity contribution is -0.742. The fourth-order valence-electron chi connectivity index (χ4n) is 1.85. The van der Waals surface area contributed by atoms with Crippen LogP contribution in [0.2, 0.25) is 0 Å². The third-order valence-electron chi connectivity index (χ3n) is 3.18. The van der Waals surface area contributed by atoms with Gasteiger partial charge in [0.2, 0.25) is 22.4 Å². The molecule has 0 fully saturated rings. The van der Waals surface area contributed by atoms with Crippen LogP contribution in [0.5, 0.6) is 0 Å². The maximum absolute atomic E-state index is 12.1. The van der Waals surface area contributed by atoms with E-state index in [1.807, 2.05) is 0 Å². The minimum atomic E-state index is -4.00. The van der Waals surface area contributed by atoms with Gasteiger partial charge in [-0.15, -0.1) is 0 Å². The molecule has 10 heteroatoms. The van der Waals surface area contributed by atoms with Crippen LogP contribution in [0, 0.1) is 0 Å². The van der Waals surface area contributed by atoms with Gasteiger partial charge in [0.15, 0.2) is 17.3 Å². The average Bonchev–Trinajstić information content (AvgIpc) is 2.56. The summed E-state index contributed by atoms with van der Waals surface area (Å²) in [6.45, 7) is -0.341. The Morgan fingerprint density at radius 3 is 2.50 bits per heavy atom. The molecule has 0 aromatic carbocycles. The van der Waals surface area contributed by atoms with Gasteiger partial charge >= 0.3 is 0 Å². The Kier molecular flexibility index (Phi) is 5.42. The summed E-state index contributed by atoms with van der Waals surface area (Å²) in [5.74, 6) is -0.288. The van der Waals surface area contributed by atoms with Crippen LogP contribution >= 0.6 is 0 Å². The number of carbonyl (C=O) groups excluding carboxylic acids is 2. The molecule has 24 heavy (non-hydrogen) atoms. The molecule has 0 aliphatic heterocycles. The maximum Gasteiger partial charge on any atom is 0.234 e. The zero-order chi connectivity index (χ0) is 17.7. The molecule has 2 aromatic heterocycles. The monoisotopic (exact) mass is 350 g/mol. The van der Waals surface area contributed by atoms with Crippen molar-refractivity contribution in [3.8, 4) is 11.4 Å². The normalized spacial score (nSPS) is 12.8. The van der Waals surface area contributed by atoms with Crippen molar-refractivity contribution in [3.63, 3.8) is 0 Å². The van der Waals surface area contributed by atoms with E-state index in [9.17, 15) is 18.0 Å². The number of hydrogen-bond donors (Lipinski definition) is 0. The highest BCUT2D eigenvalue weighted by Crippen LogP contribution is 2.09. The highest BCUT2D eigenvalue weighted by Gasteiger charge is 2.36. The third kappa shape index (κ3) is 3.84. The Labute approximate surface area is 139 Å². The largest absolute Gasteiger partial charge is 0.301 e. The molecule has 1 atom stereocenters. The fraction of sp³-hybridized carbons (Fsp3) is 0.286. The van der Waals surface area contributed by atoms with Crippen molar-refractivity contribution < 1.29 is 22.7 Å². The molecule has 2 heterocycles. The van der Waals surface area contributed by atoms with E-state index in [4.69, 9.17) is 0 Å². The van der Waals surface area contributed by atoms with Gasteiger partial charge in [0, 0.05) is 38.1 Å². The summed E-state index contributed by atoms with van der Waals surface area (Å²) in [5.41, 5.74) is 0.646. The molecular weight excluding hydrogens is 334 g/mol. The van der Waals surface area contributed by atoms with E-state index < -0.39 is 21.1 Å². The maximum atomic E-state index is 12.1. The van der Waals surface area contributed by atoms with Crippen molar-refractivity contribution in [2.45, 2.75) is 11.8 Å². The number of ketones is 1. The summed E-state index contributed by atoms with van der Waals surface area (Å²) in [5, 5.41) is 2.28. The van der Waals surface area contributed by atoms with Gasteiger partial charge in [0.25, 0.3) is 0 Å². The smallest absolute Gasteiger partial charge is 0.234 e. The number of aromatic nitrogens is 4. The minimum absolute atomic E-state index is 0.129. The second-order valence-corrected chi connectivity index (χ2v) is 7.30. The molecule has 0 N–H and O–H groups in total. The van der Waals surface area contributed by atoms with E-state index in [1.165, 1.54) is 31.2 Å². The summed E-state index contributed by atoms with van der Waals surface area (Å²) in [6, 6.07) is 3.33. The molecule has 0 bridgehead atoms. The van der Waals surface area contributed by atoms with Crippen LogP contribution in [0.4, 0.5) is 0 Å². The number of rotatable bonds is 7. The van der Waals surface area contributed by atoms with Gasteiger partial charge in [-0.2, -0.15) is 0 Å². The SMILES string of the molecule is CN(C)S(=O)(=O)C(C=O)C(=O)C[n+]1ccc(-c2ncccn2)cn1. The highest BCUT2D eigenvalue weighted by molar-refractivity contribution is 7.91. The van der Waals surface area contributed by atoms with Gasteiger partial charge in [0.1, 0.15) is 12.5 Å². The first-order valence-electron chi connectivity index (χ1n) is 6.89. The summed E-state index contributed by atoms with van der Waals surface area (Å²) in [4.78, 5) is 31.3. The van der Waals surface area contributed by atoms with Crippen LogP contribution in [0.25, 0.3) is 11.4 Å². The summed E-state index contributed by atoms with van der Waals surface area (Å²) in [7, 11) is -1.48.